The Morgan fingerprint density at radius 3 is 2.58 bits per heavy atom. The van der Waals surface area contributed by atoms with Gasteiger partial charge in [0.2, 0.25) is 21.6 Å². The number of benzene rings is 1. The molecule has 2 amide bonds. The van der Waals surface area contributed by atoms with Crippen LogP contribution in [0.3, 0.4) is 0 Å². The first-order valence-electron chi connectivity index (χ1n) is 7.43. The average Bonchev–Trinajstić information content (AvgIpc) is 3.04. The smallest absolute Gasteiger partial charge is 0.251 e. The summed E-state index contributed by atoms with van der Waals surface area (Å²) in [5, 5.41) is 22.8. The zero-order valence-electron chi connectivity index (χ0n) is 13.6. The highest BCUT2D eigenvalue weighted by atomic mass is 32.2. The van der Waals surface area contributed by atoms with Crippen LogP contribution in [0, 0.1) is 0 Å². The van der Waals surface area contributed by atoms with Crippen LogP contribution in [0.4, 0.5) is 5.69 Å². The molecule has 1 aliphatic rings. The van der Waals surface area contributed by atoms with Crippen molar-refractivity contribution in [1.29, 1.82) is 0 Å². The van der Waals surface area contributed by atoms with Crippen LogP contribution in [0.15, 0.2) is 33.7 Å². The molecule has 2 aromatic rings. The Morgan fingerprint density at radius 2 is 2.04 bits per heavy atom. The molecule has 1 aromatic carbocycles. The van der Waals surface area contributed by atoms with Crippen LogP contribution in [0.25, 0.3) is 0 Å². The number of sulfonamides is 1. The predicted octanol–water partition coefficient (Wildman–Crippen LogP) is -2.36. The lowest BCUT2D eigenvalue weighted by atomic mass is 10.2. The first kappa shape index (κ1) is 18.0. The summed E-state index contributed by atoms with van der Waals surface area (Å²) >= 11 is 0. The first-order chi connectivity index (χ1) is 12.2. The molecule has 3 rings (SSSR count). The number of carbonyl (C=O) groups is 2. The monoisotopic (exact) mass is 381 g/mol. The van der Waals surface area contributed by atoms with E-state index in [1.54, 1.807) is 0 Å². The summed E-state index contributed by atoms with van der Waals surface area (Å²) < 4.78 is 28.3. The highest BCUT2D eigenvalue weighted by Gasteiger charge is 2.39. The van der Waals surface area contributed by atoms with Crippen LogP contribution in [0.5, 0.6) is 5.95 Å². The zero-order valence-corrected chi connectivity index (χ0v) is 14.4. The maximum atomic E-state index is 12.5. The van der Waals surface area contributed by atoms with Gasteiger partial charge in [0.1, 0.15) is 0 Å². The third kappa shape index (κ3) is 3.29. The first-order valence-corrected chi connectivity index (χ1v) is 8.98. The summed E-state index contributed by atoms with van der Waals surface area (Å²) in [5.74, 6) is -1.59. The minimum Gasteiger partial charge on any atom is -0.539 e. The fraction of sp³-hybridized carbons (Fsp3) is 0.286. The van der Waals surface area contributed by atoms with Crippen LogP contribution in [0.2, 0.25) is 0 Å². The molecular weight excluding hydrogens is 366 g/mol. The summed E-state index contributed by atoms with van der Waals surface area (Å²) in [6.45, 7) is 0.000709. The molecule has 11 nitrogen and oxygen atoms in total. The lowest BCUT2D eigenvalue weighted by Crippen LogP contribution is -2.42. The molecule has 26 heavy (non-hydrogen) atoms. The molecule has 12 heteroatoms. The van der Waals surface area contributed by atoms with Gasteiger partial charge in [-0.3, -0.25) is 14.9 Å². The van der Waals surface area contributed by atoms with Gasteiger partial charge in [0.05, 0.1) is 34.9 Å². The van der Waals surface area contributed by atoms with Gasteiger partial charge in [0.25, 0.3) is 5.91 Å². The minimum atomic E-state index is -3.87. The summed E-state index contributed by atoms with van der Waals surface area (Å²) in [4.78, 5) is 25.5. The van der Waals surface area contributed by atoms with E-state index in [1.807, 2.05) is 0 Å². The molecule has 1 aromatic heterocycles. The van der Waals surface area contributed by atoms with Gasteiger partial charge in [-0.15, -0.1) is 0 Å². The molecule has 1 unspecified atom stereocenters. The largest absolute Gasteiger partial charge is 0.539 e. The van der Waals surface area contributed by atoms with Gasteiger partial charge in [-0.1, -0.05) is 4.68 Å². The SMILES string of the molecule is C[n+]1noc([O-])c1CNC1CC(=O)N(c2ccc(S(N)(=O)=O)cc2)C1=O. The van der Waals surface area contributed by atoms with E-state index in [4.69, 9.17) is 5.14 Å². The van der Waals surface area contributed by atoms with Crippen LogP contribution >= 0.6 is 0 Å². The average molecular weight is 381 g/mol. The maximum absolute atomic E-state index is 12.5. The van der Waals surface area contributed by atoms with E-state index in [9.17, 15) is 23.1 Å². The Hall–Kier alpha value is -2.83. The van der Waals surface area contributed by atoms with Crippen molar-refractivity contribution in [3.8, 4) is 5.95 Å². The van der Waals surface area contributed by atoms with Gasteiger partial charge in [0.15, 0.2) is 13.0 Å². The number of amides is 2. The molecule has 1 atom stereocenters. The molecule has 0 bridgehead atoms. The Balaban J connectivity index is 1.74. The summed E-state index contributed by atoms with van der Waals surface area (Å²) in [5.41, 5.74) is 0.443. The molecule has 1 fully saturated rings. The molecule has 3 N–H and O–H groups in total. The number of hydrogen-bond donors (Lipinski definition) is 2. The van der Waals surface area contributed by atoms with E-state index < -0.39 is 33.8 Å². The molecule has 1 saturated heterocycles. The maximum Gasteiger partial charge on any atom is 0.251 e. The summed E-state index contributed by atoms with van der Waals surface area (Å²) in [6, 6.07) is 4.26. The van der Waals surface area contributed by atoms with Crippen molar-refractivity contribution >= 4 is 27.5 Å². The second kappa shape index (κ2) is 6.48. The van der Waals surface area contributed by atoms with Crippen molar-refractivity contribution in [3.05, 3.63) is 30.0 Å². The van der Waals surface area contributed by atoms with Crippen molar-refractivity contribution in [1.82, 2.24) is 10.6 Å². The third-order valence-electron chi connectivity index (χ3n) is 3.96. The van der Waals surface area contributed by atoms with E-state index in [-0.39, 0.29) is 29.2 Å². The van der Waals surface area contributed by atoms with Gasteiger partial charge in [0, 0.05) is 0 Å². The van der Waals surface area contributed by atoms with Gasteiger partial charge in [-0.25, -0.2) is 18.5 Å². The van der Waals surface area contributed by atoms with E-state index in [0.717, 1.165) is 4.90 Å². The lowest BCUT2D eigenvalue weighted by molar-refractivity contribution is -0.746. The van der Waals surface area contributed by atoms with Gasteiger partial charge >= 0.3 is 0 Å². The molecule has 2 heterocycles. The molecule has 0 aliphatic carbocycles. The van der Waals surface area contributed by atoms with Crippen molar-refractivity contribution in [2.75, 3.05) is 4.90 Å². The molecule has 0 saturated carbocycles. The topological polar surface area (TPSA) is 163 Å². The molecule has 138 valence electrons. The Labute approximate surface area is 148 Å². The molecule has 0 spiro atoms. The number of anilines is 1. The Bertz CT molecular complexity index is 949. The van der Waals surface area contributed by atoms with Crippen LogP contribution < -0.4 is 25.1 Å². The number of imide groups is 1. The Morgan fingerprint density at radius 1 is 1.38 bits per heavy atom. The highest BCUT2D eigenvalue weighted by Crippen LogP contribution is 2.24. The van der Waals surface area contributed by atoms with Gasteiger partial charge in [-0.05, 0) is 24.3 Å². The standard InChI is InChI=1S/C14H15N5O6S/c1-18-11(14(22)25-17-18)7-16-10-6-12(20)19(13(10)21)8-2-4-9(5-3-8)26(15,23)24/h2-5,10,16H,6-7H2,1H3,(H2-,15,17,22,23,24). The Kier molecular flexibility index (Phi) is 4.48. The quantitative estimate of drug-likeness (QED) is 0.429. The third-order valence-corrected chi connectivity index (χ3v) is 4.89. The van der Waals surface area contributed by atoms with E-state index in [2.05, 4.69) is 15.1 Å². The zero-order chi connectivity index (χ0) is 19.1. The van der Waals surface area contributed by atoms with Crippen molar-refractivity contribution < 1.29 is 32.3 Å². The van der Waals surface area contributed by atoms with E-state index in [1.165, 1.54) is 36.0 Å². The van der Waals surface area contributed by atoms with Crippen molar-refractivity contribution in [2.45, 2.75) is 23.9 Å². The minimum absolute atomic E-state index is 0.000709. The molecule has 1 aliphatic heterocycles. The fourth-order valence-electron chi connectivity index (χ4n) is 2.59. The number of nitrogens with zero attached hydrogens (tertiary/aromatic N) is 3. The summed E-state index contributed by atoms with van der Waals surface area (Å²) in [6.07, 6.45) is -0.0983. The van der Waals surface area contributed by atoms with Gasteiger partial charge in [-0.2, -0.15) is 0 Å². The summed E-state index contributed by atoms with van der Waals surface area (Å²) in [7, 11) is -2.35. The highest BCUT2D eigenvalue weighted by molar-refractivity contribution is 7.89. The second-order valence-electron chi connectivity index (χ2n) is 5.67. The number of rotatable bonds is 5. The van der Waals surface area contributed by atoms with E-state index >= 15 is 0 Å². The number of primary sulfonamides is 1. The van der Waals surface area contributed by atoms with Crippen molar-refractivity contribution in [2.24, 2.45) is 12.2 Å². The van der Waals surface area contributed by atoms with Crippen molar-refractivity contribution in [3.63, 3.8) is 0 Å². The number of hydrogen-bond acceptors (Lipinski definition) is 8. The number of aromatic nitrogens is 2. The fourth-order valence-corrected chi connectivity index (χ4v) is 3.10. The van der Waals surface area contributed by atoms with Crippen LogP contribution in [-0.2, 0) is 33.2 Å². The lowest BCUT2D eigenvalue weighted by Gasteiger charge is -2.15. The molecular formula is C14H15N5O6S. The predicted molar refractivity (Wildman–Crippen MR) is 82.7 cm³/mol. The van der Waals surface area contributed by atoms with Crippen LogP contribution in [0.1, 0.15) is 12.1 Å². The van der Waals surface area contributed by atoms with Gasteiger partial charge < -0.3 is 9.63 Å². The molecule has 0 radical (unpaired) electrons. The second-order valence-corrected chi connectivity index (χ2v) is 7.24. The van der Waals surface area contributed by atoms with Crippen LogP contribution in [-0.4, -0.2) is 31.5 Å². The number of aryl methyl sites for hydroxylation is 1. The number of nitrogens with two attached hydrogens (primary N) is 1. The van der Waals surface area contributed by atoms with E-state index in [0.29, 0.717) is 0 Å². The normalized spacial score (nSPS) is 17.9. The number of carbonyl (C=O) groups excluding carboxylic acids is 2. The number of nitrogens with one attached hydrogen (secondary N) is 1.